The van der Waals surface area contributed by atoms with Crippen molar-refractivity contribution in [1.29, 1.82) is 0 Å². The Morgan fingerprint density at radius 3 is 2.34 bits per heavy atom. The number of ether oxygens (including phenoxy) is 2. The van der Waals surface area contributed by atoms with Gasteiger partial charge in [0.15, 0.2) is 5.69 Å². The van der Waals surface area contributed by atoms with Gasteiger partial charge >= 0.3 is 5.97 Å². The first-order valence-electron chi connectivity index (χ1n) is 11.6. The molecule has 0 atom stereocenters. The Hall–Kier alpha value is -3.87. The molecule has 0 radical (unpaired) electrons. The standard InChI is InChI=1S/C28H32N4O3/c1-27(2,3)17-12-13-19-22(16-17)32-26(30-19)31-20-14-15-21(25(33)34-7)29-24(20)35-23-11-9-8-10-18(23)28(4,5)6/h8-16H,1-7H3,(H2,30,31,32). The Bertz CT molecular complexity index is 1380. The van der Waals surface area contributed by atoms with Gasteiger partial charge in [-0.05, 0) is 46.7 Å². The van der Waals surface area contributed by atoms with Gasteiger partial charge in [0, 0.05) is 5.56 Å². The van der Waals surface area contributed by atoms with E-state index in [1.165, 1.54) is 12.7 Å². The van der Waals surface area contributed by atoms with Crippen molar-refractivity contribution in [2.75, 3.05) is 12.4 Å². The molecule has 0 saturated carbocycles. The number of anilines is 2. The van der Waals surface area contributed by atoms with E-state index in [0.29, 0.717) is 17.4 Å². The minimum Gasteiger partial charge on any atom is -0.464 e. The number of fused-ring (bicyclic) bond motifs is 1. The molecule has 0 aliphatic rings. The van der Waals surface area contributed by atoms with E-state index in [1.807, 2.05) is 30.3 Å². The third-order valence-electron chi connectivity index (χ3n) is 5.76. The van der Waals surface area contributed by atoms with Crippen LogP contribution in [0.4, 0.5) is 11.6 Å². The van der Waals surface area contributed by atoms with E-state index in [2.05, 4.69) is 73.9 Å². The van der Waals surface area contributed by atoms with Crippen molar-refractivity contribution in [3.63, 3.8) is 0 Å². The number of nitrogens with zero attached hydrogens (tertiary/aromatic N) is 2. The van der Waals surface area contributed by atoms with E-state index in [-0.39, 0.29) is 22.4 Å². The molecule has 0 fully saturated rings. The van der Waals surface area contributed by atoms with Gasteiger partial charge in [-0.3, -0.25) is 0 Å². The number of aromatic nitrogens is 3. The van der Waals surface area contributed by atoms with Crippen molar-refractivity contribution in [3.05, 3.63) is 71.4 Å². The molecule has 0 aliphatic heterocycles. The lowest BCUT2D eigenvalue weighted by Crippen LogP contribution is -2.13. The summed E-state index contributed by atoms with van der Waals surface area (Å²) in [6.07, 6.45) is 0. The number of esters is 1. The van der Waals surface area contributed by atoms with Crippen LogP contribution in [-0.2, 0) is 15.6 Å². The summed E-state index contributed by atoms with van der Waals surface area (Å²) < 4.78 is 11.1. The van der Waals surface area contributed by atoms with Crippen LogP contribution in [0, 0.1) is 0 Å². The summed E-state index contributed by atoms with van der Waals surface area (Å²) in [5.74, 6) is 0.925. The highest BCUT2D eigenvalue weighted by atomic mass is 16.5. The van der Waals surface area contributed by atoms with Crippen molar-refractivity contribution in [2.45, 2.75) is 52.4 Å². The average Bonchev–Trinajstić information content (AvgIpc) is 3.20. The smallest absolute Gasteiger partial charge is 0.356 e. The van der Waals surface area contributed by atoms with Gasteiger partial charge in [-0.1, -0.05) is 65.8 Å². The molecule has 2 heterocycles. The number of rotatable bonds is 5. The van der Waals surface area contributed by atoms with E-state index in [9.17, 15) is 4.79 Å². The minimum atomic E-state index is -0.538. The Morgan fingerprint density at radius 1 is 0.914 bits per heavy atom. The zero-order valence-electron chi connectivity index (χ0n) is 21.3. The lowest BCUT2D eigenvalue weighted by atomic mass is 9.86. The fraction of sp³-hybridized carbons (Fsp3) is 0.321. The molecule has 0 bridgehead atoms. The van der Waals surface area contributed by atoms with Gasteiger partial charge < -0.3 is 19.8 Å². The number of aromatic amines is 1. The highest BCUT2D eigenvalue weighted by Crippen LogP contribution is 2.37. The van der Waals surface area contributed by atoms with Crippen molar-refractivity contribution in [3.8, 4) is 11.6 Å². The van der Waals surface area contributed by atoms with Crippen molar-refractivity contribution in [2.24, 2.45) is 0 Å². The van der Waals surface area contributed by atoms with Crippen LogP contribution in [0.5, 0.6) is 11.6 Å². The van der Waals surface area contributed by atoms with Crippen LogP contribution in [0.1, 0.15) is 63.2 Å². The minimum absolute atomic E-state index is 0.0297. The fourth-order valence-electron chi connectivity index (χ4n) is 3.77. The van der Waals surface area contributed by atoms with Crippen LogP contribution in [0.2, 0.25) is 0 Å². The van der Waals surface area contributed by atoms with Crippen LogP contribution in [0.3, 0.4) is 0 Å². The van der Waals surface area contributed by atoms with Crippen LogP contribution in [0.15, 0.2) is 54.6 Å². The van der Waals surface area contributed by atoms with Crippen LogP contribution >= 0.6 is 0 Å². The SMILES string of the molecule is COC(=O)c1ccc(Nc2nc3ccc(C(C)(C)C)cc3[nH]2)c(Oc2ccccc2C(C)(C)C)n1. The van der Waals surface area contributed by atoms with Gasteiger partial charge in [-0.2, -0.15) is 0 Å². The number of nitrogens with one attached hydrogen (secondary N) is 2. The van der Waals surface area contributed by atoms with Gasteiger partial charge in [-0.25, -0.2) is 14.8 Å². The third kappa shape index (κ3) is 5.29. The van der Waals surface area contributed by atoms with Gasteiger partial charge in [0.25, 0.3) is 0 Å². The maximum absolute atomic E-state index is 12.2. The summed E-state index contributed by atoms with van der Waals surface area (Å²) in [5, 5.41) is 3.28. The molecule has 0 aliphatic carbocycles. The highest BCUT2D eigenvalue weighted by Gasteiger charge is 2.22. The number of imidazole rings is 1. The first-order chi connectivity index (χ1) is 16.5. The zero-order chi connectivity index (χ0) is 25.4. The maximum atomic E-state index is 12.2. The number of carbonyl (C=O) groups is 1. The normalized spacial score (nSPS) is 12.0. The second-order valence-electron chi connectivity index (χ2n) is 10.6. The van der Waals surface area contributed by atoms with E-state index < -0.39 is 5.97 Å². The molecule has 4 rings (SSSR count). The maximum Gasteiger partial charge on any atom is 0.356 e. The largest absolute Gasteiger partial charge is 0.464 e. The van der Waals surface area contributed by atoms with Crippen molar-refractivity contribution >= 4 is 28.6 Å². The average molecular weight is 473 g/mol. The summed E-state index contributed by atoms with van der Waals surface area (Å²) in [6, 6.07) is 17.4. The van der Waals surface area contributed by atoms with E-state index in [1.54, 1.807) is 12.1 Å². The lowest BCUT2D eigenvalue weighted by Gasteiger charge is -2.23. The number of H-pyrrole nitrogens is 1. The van der Waals surface area contributed by atoms with Crippen molar-refractivity contribution in [1.82, 2.24) is 15.0 Å². The quantitative estimate of drug-likeness (QED) is 0.308. The third-order valence-corrected chi connectivity index (χ3v) is 5.76. The molecule has 7 nitrogen and oxygen atoms in total. The molecule has 0 spiro atoms. The first kappa shape index (κ1) is 24.3. The van der Waals surface area contributed by atoms with Gasteiger partial charge in [-0.15, -0.1) is 0 Å². The van der Waals surface area contributed by atoms with Crippen LogP contribution < -0.4 is 10.1 Å². The number of hydrogen-bond acceptors (Lipinski definition) is 6. The molecule has 0 amide bonds. The van der Waals surface area contributed by atoms with Gasteiger partial charge in [0.05, 0.1) is 18.1 Å². The van der Waals surface area contributed by atoms with Crippen molar-refractivity contribution < 1.29 is 14.3 Å². The summed E-state index contributed by atoms with van der Waals surface area (Å²) in [7, 11) is 1.33. The summed E-state index contributed by atoms with van der Waals surface area (Å²) in [5.41, 5.74) is 4.62. The molecule has 182 valence electrons. The molecular formula is C28H32N4O3. The highest BCUT2D eigenvalue weighted by molar-refractivity contribution is 5.88. The predicted octanol–water partition coefficient (Wildman–Crippen LogP) is 6.88. The summed E-state index contributed by atoms with van der Waals surface area (Å²) in [6.45, 7) is 12.9. The Balaban J connectivity index is 1.74. The second kappa shape index (κ2) is 9.06. The molecular weight excluding hydrogens is 440 g/mol. The van der Waals surface area contributed by atoms with Crippen LogP contribution in [0.25, 0.3) is 11.0 Å². The number of carbonyl (C=O) groups excluding carboxylic acids is 1. The Kier molecular flexibility index (Phi) is 6.28. The number of benzene rings is 2. The Morgan fingerprint density at radius 2 is 1.66 bits per heavy atom. The molecule has 0 unspecified atom stereocenters. The molecule has 7 heteroatoms. The summed E-state index contributed by atoms with van der Waals surface area (Å²) >= 11 is 0. The van der Waals surface area contributed by atoms with E-state index in [0.717, 1.165) is 16.6 Å². The molecule has 0 saturated heterocycles. The molecule has 2 N–H and O–H groups in total. The number of hydrogen-bond donors (Lipinski definition) is 2. The first-order valence-corrected chi connectivity index (χ1v) is 11.6. The number of methoxy groups -OCH3 is 1. The molecule has 4 aromatic rings. The van der Waals surface area contributed by atoms with Gasteiger partial charge in [0.2, 0.25) is 11.8 Å². The molecule has 2 aromatic carbocycles. The van der Waals surface area contributed by atoms with Gasteiger partial charge in [0.1, 0.15) is 11.4 Å². The Labute approximate surface area is 205 Å². The zero-order valence-corrected chi connectivity index (χ0v) is 21.3. The van der Waals surface area contributed by atoms with Crippen LogP contribution in [-0.4, -0.2) is 28.0 Å². The predicted molar refractivity (Wildman–Crippen MR) is 139 cm³/mol. The van der Waals surface area contributed by atoms with E-state index in [4.69, 9.17) is 9.47 Å². The van der Waals surface area contributed by atoms with E-state index >= 15 is 0 Å². The topological polar surface area (TPSA) is 89.1 Å². The molecule has 2 aromatic heterocycles. The summed E-state index contributed by atoms with van der Waals surface area (Å²) in [4.78, 5) is 24.6. The number of pyridine rings is 1. The number of para-hydroxylation sites is 1. The lowest BCUT2D eigenvalue weighted by molar-refractivity contribution is 0.0593. The fourth-order valence-corrected chi connectivity index (χ4v) is 3.77. The second-order valence-corrected chi connectivity index (χ2v) is 10.6. The monoisotopic (exact) mass is 472 g/mol. The molecule has 35 heavy (non-hydrogen) atoms.